The Morgan fingerprint density at radius 1 is 1.29 bits per heavy atom. The van der Waals surface area contributed by atoms with Crippen LogP contribution in [0.4, 0.5) is 0 Å². The molecule has 1 aromatic carbocycles. The van der Waals surface area contributed by atoms with Crippen LogP contribution in [0, 0.1) is 6.92 Å². The van der Waals surface area contributed by atoms with Gasteiger partial charge in [0.1, 0.15) is 5.75 Å². The molecular formula is C15H20N2O3S. The first-order valence-electron chi connectivity index (χ1n) is 6.91. The van der Waals surface area contributed by atoms with Crippen LogP contribution in [0.2, 0.25) is 0 Å². The zero-order valence-corrected chi connectivity index (χ0v) is 13.5. The van der Waals surface area contributed by atoms with E-state index in [9.17, 15) is 8.42 Å². The molecule has 6 heteroatoms. The Hall–Kier alpha value is -1.82. The first-order chi connectivity index (χ1) is 9.86. The molecule has 0 radical (unpaired) electrons. The summed E-state index contributed by atoms with van der Waals surface area (Å²) in [7, 11) is -3.66. The van der Waals surface area contributed by atoms with Gasteiger partial charge in [0, 0.05) is 6.20 Å². The molecule has 0 spiro atoms. The Morgan fingerprint density at radius 3 is 2.52 bits per heavy atom. The van der Waals surface area contributed by atoms with Crippen molar-refractivity contribution in [3.05, 3.63) is 41.7 Å². The number of ether oxygens (including phenoxy) is 1. The first kappa shape index (κ1) is 15.6. The van der Waals surface area contributed by atoms with E-state index < -0.39 is 10.0 Å². The number of benzene rings is 1. The smallest absolute Gasteiger partial charge is 0.282 e. The largest absolute Gasteiger partial charge is 0.494 e. The highest BCUT2D eigenvalue weighted by molar-refractivity contribution is 7.89. The highest BCUT2D eigenvalue weighted by Gasteiger charge is 2.20. The average Bonchev–Trinajstić information content (AvgIpc) is 2.86. The summed E-state index contributed by atoms with van der Waals surface area (Å²) in [6.45, 7) is 8.22. The molecular weight excluding hydrogens is 288 g/mol. The first-order valence-corrected chi connectivity index (χ1v) is 8.35. The van der Waals surface area contributed by atoms with E-state index in [1.54, 1.807) is 31.2 Å². The molecule has 0 saturated carbocycles. The van der Waals surface area contributed by atoms with Gasteiger partial charge in [-0.3, -0.25) is 0 Å². The van der Waals surface area contributed by atoms with E-state index >= 15 is 0 Å². The van der Waals surface area contributed by atoms with Gasteiger partial charge in [-0.1, -0.05) is 13.8 Å². The number of aryl methyl sites for hydroxylation is 1. The van der Waals surface area contributed by atoms with E-state index in [2.05, 4.69) is 5.10 Å². The van der Waals surface area contributed by atoms with Gasteiger partial charge in [-0.25, -0.2) is 0 Å². The maximum Gasteiger partial charge on any atom is 0.282 e. The molecule has 0 N–H and O–H groups in total. The van der Waals surface area contributed by atoms with Crippen LogP contribution >= 0.6 is 0 Å². The van der Waals surface area contributed by atoms with Gasteiger partial charge in [-0.05, 0) is 49.6 Å². The molecule has 2 rings (SSSR count). The number of aromatic nitrogens is 2. The molecule has 0 atom stereocenters. The molecule has 21 heavy (non-hydrogen) atoms. The minimum atomic E-state index is -3.66. The summed E-state index contributed by atoms with van der Waals surface area (Å²) in [4.78, 5) is 0.220. The zero-order valence-electron chi connectivity index (χ0n) is 12.7. The van der Waals surface area contributed by atoms with Crippen LogP contribution in [0.5, 0.6) is 5.75 Å². The summed E-state index contributed by atoms with van der Waals surface area (Å²) < 4.78 is 31.7. The van der Waals surface area contributed by atoms with Crippen LogP contribution < -0.4 is 4.74 Å². The topological polar surface area (TPSA) is 61.2 Å². The molecule has 0 bridgehead atoms. The third kappa shape index (κ3) is 3.10. The van der Waals surface area contributed by atoms with Crippen LogP contribution in [0.25, 0.3) is 0 Å². The average molecular weight is 308 g/mol. The van der Waals surface area contributed by atoms with Crippen LogP contribution in [0.3, 0.4) is 0 Å². The highest BCUT2D eigenvalue weighted by atomic mass is 32.2. The molecule has 1 heterocycles. The van der Waals surface area contributed by atoms with E-state index in [1.165, 1.54) is 6.20 Å². The predicted octanol–water partition coefficient (Wildman–Crippen LogP) is 2.95. The standard InChI is InChI=1S/C15H20N2O3S/c1-5-20-15-7-6-13(10-14(15)11(2)3)21(18,19)17-9-8-12(4)16-17/h6-11H,5H2,1-4H3. The van der Waals surface area contributed by atoms with E-state index in [1.807, 2.05) is 20.8 Å². The quantitative estimate of drug-likeness (QED) is 0.852. The second kappa shape index (κ2) is 5.89. The summed E-state index contributed by atoms with van der Waals surface area (Å²) in [6, 6.07) is 6.60. The van der Waals surface area contributed by atoms with Gasteiger partial charge in [0.15, 0.2) is 0 Å². The minimum absolute atomic E-state index is 0.168. The molecule has 0 aliphatic heterocycles. The lowest BCUT2D eigenvalue weighted by Crippen LogP contribution is -2.14. The Labute approximate surface area is 125 Å². The normalized spacial score (nSPS) is 11.9. The molecule has 1 aromatic heterocycles. The summed E-state index contributed by atoms with van der Waals surface area (Å²) in [5, 5.41) is 3.99. The molecule has 114 valence electrons. The monoisotopic (exact) mass is 308 g/mol. The third-order valence-electron chi connectivity index (χ3n) is 3.15. The fourth-order valence-corrected chi connectivity index (χ4v) is 3.25. The summed E-state index contributed by atoms with van der Waals surface area (Å²) in [5.41, 5.74) is 1.54. The Bertz CT molecular complexity index is 733. The molecule has 0 amide bonds. The van der Waals surface area contributed by atoms with Crippen molar-refractivity contribution in [3.63, 3.8) is 0 Å². The van der Waals surface area contributed by atoms with Gasteiger partial charge in [-0.15, -0.1) is 0 Å². The number of nitrogens with zero attached hydrogens (tertiary/aromatic N) is 2. The van der Waals surface area contributed by atoms with Crippen molar-refractivity contribution in [2.45, 2.75) is 38.5 Å². The van der Waals surface area contributed by atoms with Gasteiger partial charge in [0.2, 0.25) is 0 Å². The second-order valence-electron chi connectivity index (χ2n) is 5.12. The van der Waals surface area contributed by atoms with Crippen molar-refractivity contribution in [2.75, 3.05) is 6.61 Å². The van der Waals surface area contributed by atoms with E-state index in [4.69, 9.17) is 4.74 Å². The van der Waals surface area contributed by atoms with Crippen LogP contribution in [0.1, 0.15) is 37.9 Å². The zero-order chi connectivity index (χ0) is 15.6. The van der Waals surface area contributed by atoms with Crippen LogP contribution in [0.15, 0.2) is 35.4 Å². The Kier molecular flexibility index (Phi) is 4.37. The van der Waals surface area contributed by atoms with E-state index in [-0.39, 0.29) is 10.8 Å². The second-order valence-corrected chi connectivity index (χ2v) is 6.92. The van der Waals surface area contributed by atoms with Gasteiger partial charge < -0.3 is 4.74 Å². The summed E-state index contributed by atoms with van der Waals surface area (Å²) >= 11 is 0. The van der Waals surface area contributed by atoms with Crippen molar-refractivity contribution >= 4 is 10.0 Å². The van der Waals surface area contributed by atoms with Gasteiger partial charge >= 0.3 is 0 Å². The number of rotatable bonds is 5. The lowest BCUT2D eigenvalue weighted by Gasteiger charge is -2.15. The fourth-order valence-electron chi connectivity index (χ4n) is 2.06. The van der Waals surface area contributed by atoms with Crippen LogP contribution in [-0.2, 0) is 10.0 Å². The Morgan fingerprint density at radius 2 is 2.00 bits per heavy atom. The molecule has 0 unspecified atom stereocenters. The van der Waals surface area contributed by atoms with Crippen molar-refractivity contribution in [1.29, 1.82) is 0 Å². The molecule has 2 aromatic rings. The van der Waals surface area contributed by atoms with Crippen molar-refractivity contribution in [3.8, 4) is 5.75 Å². The number of hydrogen-bond donors (Lipinski definition) is 0. The SMILES string of the molecule is CCOc1ccc(S(=O)(=O)n2ccc(C)n2)cc1C(C)C. The van der Waals surface area contributed by atoms with Gasteiger partial charge in [-0.2, -0.15) is 17.6 Å². The van der Waals surface area contributed by atoms with E-state index in [0.29, 0.717) is 12.3 Å². The number of hydrogen-bond acceptors (Lipinski definition) is 4. The van der Waals surface area contributed by atoms with Crippen molar-refractivity contribution in [1.82, 2.24) is 9.19 Å². The van der Waals surface area contributed by atoms with Crippen molar-refractivity contribution < 1.29 is 13.2 Å². The Balaban J connectivity index is 2.52. The van der Waals surface area contributed by atoms with Crippen molar-refractivity contribution in [2.24, 2.45) is 0 Å². The summed E-state index contributed by atoms with van der Waals surface area (Å²) in [5.74, 6) is 0.893. The molecule has 0 aliphatic rings. The summed E-state index contributed by atoms with van der Waals surface area (Å²) in [6.07, 6.45) is 1.45. The maximum atomic E-state index is 12.6. The predicted molar refractivity (Wildman–Crippen MR) is 81.2 cm³/mol. The lowest BCUT2D eigenvalue weighted by atomic mass is 10.0. The van der Waals surface area contributed by atoms with E-state index in [0.717, 1.165) is 15.4 Å². The minimum Gasteiger partial charge on any atom is -0.494 e. The molecule has 0 saturated heterocycles. The van der Waals surface area contributed by atoms with Crippen LogP contribution in [-0.4, -0.2) is 24.2 Å². The van der Waals surface area contributed by atoms with Gasteiger partial charge in [0.05, 0.1) is 17.2 Å². The highest BCUT2D eigenvalue weighted by Crippen LogP contribution is 2.29. The fraction of sp³-hybridized carbons (Fsp3) is 0.400. The van der Waals surface area contributed by atoms with Gasteiger partial charge in [0.25, 0.3) is 10.0 Å². The maximum absolute atomic E-state index is 12.6. The molecule has 0 aliphatic carbocycles. The lowest BCUT2D eigenvalue weighted by molar-refractivity contribution is 0.335. The molecule has 5 nitrogen and oxygen atoms in total. The third-order valence-corrected chi connectivity index (χ3v) is 4.69. The molecule has 0 fully saturated rings.